The molecule has 1 heterocycles. The standard InChI is InChI=1S/C18H38N2/c1-16(2,3)13-18(6,7)19-14-17(4,5)15-9-11-20(8)12-10-15/h15,19H,9-14H2,1-8H3. The van der Waals surface area contributed by atoms with Gasteiger partial charge in [-0.15, -0.1) is 0 Å². The van der Waals surface area contributed by atoms with Gasteiger partial charge in [0.05, 0.1) is 0 Å². The van der Waals surface area contributed by atoms with Gasteiger partial charge in [0.1, 0.15) is 0 Å². The summed E-state index contributed by atoms with van der Waals surface area (Å²) in [7, 11) is 2.24. The Bertz CT molecular complexity index is 291. The van der Waals surface area contributed by atoms with E-state index in [1.54, 1.807) is 0 Å². The molecule has 1 aliphatic heterocycles. The first-order valence-electron chi connectivity index (χ1n) is 8.35. The van der Waals surface area contributed by atoms with E-state index in [0.717, 1.165) is 12.5 Å². The maximum Gasteiger partial charge on any atom is 0.0130 e. The zero-order valence-electron chi connectivity index (χ0n) is 15.3. The SMILES string of the molecule is CN1CCC(C(C)(C)CNC(C)(C)CC(C)(C)C)CC1. The summed E-state index contributed by atoms with van der Waals surface area (Å²) < 4.78 is 0. The number of piperidine rings is 1. The summed E-state index contributed by atoms with van der Waals surface area (Å²) in [6, 6.07) is 0. The van der Waals surface area contributed by atoms with Gasteiger partial charge in [0.2, 0.25) is 0 Å². The molecule has 0 aliphatic carbocycles. The maximum absolute atomic E-state index is 3.85. The van der Waals surface area contributed by atoms with Crippen LogP contribution >= 0.6 is 0 Å². The van der Waals surface area contributed by atoms with Crippen LogP contribution in [-0.2, 0) is 0 Å². The van der Waals surface area contributed by atoms with Crippen molar-refractivity contribution in [1.82, 2.24) is 10.2 Å². The average Bonchev–Trinajstić information content (AvgIpc) is 2.24. The molecule has 2 heteroatoms. The van der Waals surface area contributed by atoms with Crippen molar-refractivity contribution in [2.75, 3.05) is 26.7 Å². The monoisotopic (exact) mass is 282 g/mol. The lowest BCUT2D eigenvalue weighted by molar-refractivity contribution is 0.100. The molecule has 120 valence electrons. The van der Waals surface area contributed by atoms with Gasteiger partial charge in [-0.2, -0.15) is 0 Å². The quantitative estimate of drug-likeness (QED) is 0.814. The van der Waals surface area contributed by atoms with Gasteiger partial charge in [-0.05, 0) is 70.0 Å². The molecular weight excluding hydrogens is 244 g/mol. The Hall–Kier alpha value is -0.0800. The largest absolute Gasteiger partial charge is 0.311 e. The average molecular weight is 283 g/mol. The van der Waals surface area contributed by atoms with E-state index in [1.807, 2.05) is 0 Å². The molecule has 20 heavy (non-hydrogen) atoms. The summed E-state index contributed by atoms with van der Waals surface area (Å²) in [5.41, 5.74) is 1.01. The van der Waals surface area contributed by atoms with Gasteiger partial charge in [0.15, 0.2) is 0 Å². The van der Waals surface area contributed by atoms with Crippen molar-refractivity contribution in [2.45, 2.75) is 73.3 Å². The molecule has 0 saturated carbocycles. The van der Waals surface area contributed by atoms with Crippen LogP contribution in [0.3, 0.4) is 0 Å². The molecule has 0 unspecified atom stereocenters. The third kappa shape index (κ3) is 6.13. The van der Waals surface area contributed by atoms with Crippen LogP contribution in [0, 0.1) is 16.7 Å². The molecule has 0 radical (unpaired) electrons. The summed E-state index contributed by atoms with van der Waals surface area (Å²) in [5.74, 6) is 0.858. The molecule has 0 aromatic heterocycles. The molecule has 1 fully saturated rings. The van der Waals surface area contributed by atoms with Crippen LogP contribution in [0.4, 0.5) is 0 Å². The minimum absolute atomic E-state index is 0.223. The molecule has 0 bridgehead atoms. The van der Waals surface area contributed by atoms with E-state index in [-0.39, 0.29) is 5.54 Å². The van der Waals surface area contributed by atoms with Crippen molar-refractivity contribution in [2.24, 2.45) is 16.7 Å². The number of hydrogen-bond acceptors (Lipinski definition) is 2. The Morgan fingerprint density at radius 3 is 1.90 bits per heavy atom. The van der Waals surface area contributed by atoms with Crippen molar-refractivity contribution in [3.63, 3.8) is 0 Å². The van der Waals surface area contributed by atoms with Gasteiger partial charge in [0, 0.05) is 12.1 Å². The topological polar surface area (TPSA) is 15.3 Å². The third-order valence-corrected chi connectivity index (χ3v) is 4.82. The summed E-state index contributed by atoms with van der Waals surface area (Å²) in [4.78, 5) is 2.46. The minimum atomic E-state index is 0.223. The first-order valence-corrected chi connectivity index (χ1v) is 8.35. The fourth-order valence-electron chi connectivity index (χ4n) is 3.79. The second-order valence-corrected chi connectivity index (χ2v) is 9.54. The molecule has 0 atom stereocenters. The molecule has 0 aromatic rings. The Morgan fingerprint density at radius 1 is 0.950 bits per heavy atom. The van der Waals surface area contributed by atoms with E-state index in [9.17, 15) is 0 Å². The molecule has 1 aliphatic rings. The number of nitrogens with one attached hydrogen (secondary N) is 1. The van der Waals surface area contributed by atoms with Gasteiger partial charge in [0.25, 0.3) is 0 Å². The summed E-state index contributed by atoms with van der Waals surface area (Å²) >= 11 is 0. The highest BCUT2D eigenvalue weighted by molar-refractivity contribution is 4.89. The smallest absolute Gasteiger partial charge is 0.0130 e. The first-order chi connectivity index (χ1) is 8.91. The van der Waals surface area contributed by atoms with Crippen molar-refractivity contribution >= 4 is 0 Å². The number of likely N-dealkylation sites (tertiary alicyclic amines) is 1. The van der Waals surface area contributed by atoms with Crippen molar-refractivity contribution in [1.29, 1.82) is 0 Å². The van der Waals surface area contributed by atoms with Crippen molar-refractivity contribution < 1.29 is 0 Å². The van der Waals surface area contributed by atoms with Crippen LogP contribution in [-0.4, -0.2) is 37.1 Å². The van der Waals surface area contributed by atoms with E-state index in [4.69, 9.17) is 0 Å². The highest BCUT2D eigenvalue weighted by atomic mass is 15.1. The zero-order valence-corrected chi connectivity index (χ0v) is 15.3. The Kier molecular flexibility index (Phi) is 5.71. The lowest BCUT2D eigenvalue weighted by atomic mass is 9.73. The third-order valence-electron chi connectivity index (χ3n) is 4.82. The molecule has 1 N–H and O–H groups in total. The van der Waals surface area contributed by atoms with Crippen LogP contribution in [0.1, 0.15) is 67.7 Å². The summed E-state index contributed by atoms with van der Waals surface area (Å²) in [6.45, 7) is 20.2. The van der Waals surface area contributed by atoms with Crippen LogP contribution in [0.2, 0.25) is 0 Å². The van der Waals surface area contributed by atoms with E-state index in [2.05, 4.69) is 65.7 Å². The summed E-state index contributed by atoms with van der Waals surface area (Å²) in [5, 5.41) is 3.85. The lowest BCUT2D eigenvalue weighted by Gasteiger charge is -2.42. The predicted octanol–water partition coefficient (Wildman–Crippen LogP) is 4.16. The molecule has 1 saturated heterocycles. The van der Waals surface area contributed by atoms with Gasteiger partial charge < -0.3 is 10.2 Å². The molecule has 2 nitrogen and oxygen atoms in total. The van der Waals surface area contributed by atoms with Crippen molar-refractivity contribution in [3.8, 4) is 0 Å². The Balaban J connectivity index is 2.50. The molecule has 0 spiro atoms. The fraction of sp³-hybridized carbons (Fsp3) is 1.00. The van der Waals surface area contributed by atoms with Crippen LogP contribution in [0.5, 0.6) is 0 Å². The fourth-order valence-corrected chi connectivity index (χ4v) is 3.79. The van der Waals surface area contributed by atoms with Crippen LogP contribution in [0.15, 0.2) is 0 Å². The first kappa shape index (κ1) is 18.0. The number of nitrogens with zero attached hydrogens (tertiary/aromatic N) is 1. The van der Waals surface area contributed by atoms with E-state index >= 15 is 0 Å². The highest BCUT2D eigenvalue weighted by Gasteiger charge is 2.34. The van der Waals surface area contributed by atoms with Gasteiger partial charge in [-0.3, -0.25) is 0 Å². The van der Waals surface area contributed by atoms with E-state index < -0.39 is 0 Å². The van der Waals surface area contributed by atoms with Gasteiger partial charge in [-0.1, -0.05) is 34.6 Å². The second-order valence-electron chi connectivity index (χ2n) is 9.54. The molecule has 0 aromatic carbocycles. The van der Waals surface area contributed by atoms with E-state index in [0.29, 0.717) is 10.8 Å². The minimum Gasteiger partial charge on any atom is -0.311 e. The Labute approximate surface area is 127 Å². The molecule has 1 rings (SSSR count). The van der Waals surface area contributed by atoms with Gasteiger partial charge in [-0.25, -0.2) is 0 Å². The van der Waals surface area contributed by atoms with E-state index in [1.165, 1.54) is 32.4 Å². The molecular formula is C18H38N2. The van der Waals surface area contributed by atoms with Crippen molar-refractivity contribution in [3.05, 3.63) is 0 Å². The number of rotatable bonds is 5. The Morgan fingerprint density at radius 2 is 1.45 bits per heavy atom. The van der Waals surface area contributed by atoms with Crippen LogP contribution < -0.4 is 5.32 Å². The van der Waals surface area contributed by atoms with Gasteiger partial charge >= 0.3 is 0 Å². The molecule has 0 amide bonds. The predicted molar refractivity (Wildman–Crippen MR) is 90.2 cm³/mol. The highest BCUT2D eigenvalue weighted by Crippen LogP contribution is 2.35. The normalized spacial score (nSPS) is 20.4. The summed E-state index contributed by atoms with van der Waals surface area (Å²) in [6.07, 6.45) is 3.92. The lowest BCUT2D eigenvalue weighted by Crippen LogP contribution is -2.49. The maximum atomic E-state index is 3.85. The zero-order chi connectivity index (χ0) is 15.6. The van der Waals surface area contributed by atoms with Crippen LogP contribution in [0.25, 0.3) is 0 Å². The number of hydrogen-bond donors (Lipinski definition) is 1. The second kappa shape index (κ2) is 6.36.